The number of hydrogen-bond donors (Lipinski definition) is 0. The molecule has 1 unspecified atom stereocenters. The Kier molecular flexibility index (Phi) is 3.39. The van der Waals surface area contributed by atoms with Crippen LogP contribution >= 0.6 is 0 Å². The first kappa shape index (κ1) is 11.3. The van der Waals surface area contributed by atoms with E-state index < -0.39 is 0 Å². The summed E-state index contributed by atoms with van der Waals surface area (Å²) in [5, 5.41) is 0. The molecule has 0 aliphatic carbocycles. The molecule has 86 valence electrons. The normalized spacial score (nSPS) is 20.5. The van der Waals surface area contributed by atoms with Crippen LogP contribution in [-0.4, -0.2) is 23.3 Å². The Morgan fingerprint density at radius 1 is 1.31 bits per heavy atom. The highest BCUT2D eigenvalue weighted by Crippen LogP contribution is 2.23. The standard InChI is InChI=1S/C14H19NO/c1-3-14(16)13-9-11-7-5-6-8-12(11)10-15(13)4-2/h5-8,13H,3-4,9-10H2,1-2H3. The van der Waals surface area contributed by atoms with Gasteiger partial charge in [-0.15, -0.1) is 0 Å². The van der Waals surface area contributed by atoms with Gasteiger partial charge in [0, 0.05) is 13.0 Å². The second-order valence-electron chi connectivity index (χ2n) is 4.37. The summed E-state index contributed by atoms with van der Waals surface area (Å²) in [6, 6.07) is 8.57. The fourth-order valence-electron chi connectivity index (χ4n) is 2.46. The van der Waals surface area contributed by atoms with E-state index in [9.17, 15) is 4.79 Å². The van der Waals surface area contributed by atoms with E-state index in [1.807, 2.05) is 6.92 Å². The Labute approximate surface area is 97.3 Å². The van der Waals surface area contributed by atoms with E-state index in [2.05, 4.69) is 36.1 Å². The summed E-state index contributed by atoms with van der Waals surface area (Å²) in [6.07, 6.45) is 1.53. The van der Waals surface area contributed by atoms with Crippen molar-refractivity contribution in [1.29, 1.82) is 0 Å². The molecule has 0 saturated carbocycles. The third-order valence-electron chi connectivity index (χ3n) is 3.47. The predicted molar refractivity (Wildman–Crippen MR) is 65.3 cm³/mol. The van der Waals surface area contributed by atoms with Crippen molar-refractivity contribution in [3.05, 3.63) is 35.4 Å². The summed E-state index contributed by atoms with van der Waals surface area (Å²) in [5.41, 5.74) is 2.73. The van der Waals surface area contributed by atoms with Gasteiger partial charge in [0.05, 0.1) is 6.04 Å². The highest BCUT2D eigenvalue weighted by Gasteiger charge is 2.28. The summed E-state index contributed by atoms with van der Waals surface area (Å²) >= 11 is 0. The second-order valence-corrected chi connectivity index (χ2v) is 4.37. The zero-order chi connectivity index (χ0) is 11.5. The van der Waals surface area contributed by atoms with E-state index in [4.69, 9.17) is 0 Å². The largest absolute Gasteiger partial charge is 0.298 e. The molecule has 2 nitrogen and oxygen atoms in total. The fraction of sp³-hybridized carbons (Fsp3) is 0.500. The molecule has 0 radical (unpaired) electrons. The third kappa shape index (κ3) is 2.03. The molecule has 2 rings (SSSR count). The van der Waals surface area contributed by atoms with E-state index in [0.717, 1.165) is 19.5 Å². The van der Waals surface area contributed by atoms with Crippen molar-refractivity contribution in [3.8, 4) is 0 Å². The number of carbonyl (C=O) groups is 1. The lowest BCUT2D eigenvalue weighted by Crippen LogP contribution is -2.45. The molecule has 1 aliphatic heterocycles. The first-order valence-electron chi connectivity index (χ1n) is 6.09. The Morgan fingerprint density at radius 2 is 2.00 bits per heavy atom. The van der Waals surface area contributed by atoms with Gasteiger partial charge in [0.25, 0.3) is 0 Å². The lowest BCUT2D eigenvalue weighted by Gasteiger charge is -2.35. The Balaban J connectivity index is 2.27. The van der Waals surface area contributed by atoms with Gasteiger partial charge in [0.1, 0.15) is 5.78 Å². The lowest BCUT2D eigenvalue weighted by atomic mass is 9.91. The Bertz CT molecular complexity index is 386. The highest BCUT2D eigenvalue weighted by atomic mass is 16.1. The number of Topliss-reactive ketones (excluding diaryl/α,β-unsaturated/α-hetero) is 1. The zero-order valence-corrected chi connectivity index (χ0v) is 10.1. The first-order valence-corrected chi connectivity index (χ1v) is 6.09. The second kappa shape index (κ2) is 4.79. The van der Waals surface area contributed by atoms with Gasteiger partial charge in [-0.05, 0) is 24.1 Å². The molecule has 0 N–H and O–H groups in total. The van der Waals surface area contributed by atoms with Crippen LogP contribution in [0.4, 0.5) is 0 Å². The Morgan fingerprint density at radius 3 is 2.62 bits per heavy atom. The predicted octanol–water partition coefficient (Wildman–Crippen LogP) is 2.41. The minimum atomic E-state index is 0.102. The maximum Gasteiger partial charge on any atom is 0.150 e. The fourth-order valence-corrected chi connectivity index (χ4v) is 2.46. The van der Waals surface area contributed by atoms with Crippen molar-refractivity contribution in [3.63, 3.8) is 0 Å². The van der Waals surface area contributed by atoms with E-state index in [0.29, 0.717) is 12.2 Å². The quantitative estimate of drug-likeness (QED) is 0.775. The average Bonchev–Trinajstić information content (AvgIpc) is 2.36. The number of nitrogens with zero attached hydrogens (tertiary/aromatic N) is 1. The molecule has 0 fully saturated rings. The summed E-state index contributed by atoms with van der Waals surface area (Å²) in [5.74, 6) is 0.372. The molecule has 1 heterocycles. The minimum Gasteiger partial charge on any atom is -0.298 e. The molecule has 1 aliphatic rings. The maximum atomic E-state index is 11.9. The molecule has 0 aromatic heterocycles. The smallest absolute Gasteiger partial charge is 0.150 e. The minimum absolute atomic E-state index is 0.102. The zero-order valence-electron chi connectivity index (χ0n) is 10.1. The number of likely N-dealkylation sites (N-methyl/N-ethyl adjacent to an activating group) is 1. The molecule has 1 aromatic rings. The van der Waals surface area contributed by atoms with Gasteiger partial charge in [-0.1, -0.05) is 38.1 Å². The molecule has 16 heavy (non-hydrogen) atoms. The molecule has 0 bridgehead atoms. The van der Waals surface area contributed by atoms with Crippen LogP contribution in [0.3, 0.4) is 0 Å². The number of rotatable bonds is 3. The molecular weight excluding hydrogens is 198 g/mol. The van der Waals surface area contributed by atoms with Crippen LogP contribution < -0.4 is 0 Å². The number of hydrogen-bond acceptors (Lipinski definition) is 2. The van der Waals surface area contributed by atoms with Gasteiger partial charge in [0.15, 0.2) is 0 Å². The number of ketones is 1. The maximum absolute atomic E-state index is 11.9. The van der Waals surface area contributed by atoms with Crippen molar-refractivity contribution >= 4 is 5.78 Å². The van der Waals surface area contributed by atoms with Crippen molar-refractivity contribution in [2.24, 2.45) is 0 Å². The summed E-state index contributed by atoms with van der Waals surface area (Å²) < 4.78 is 0. The third-order valence-corrected chi connectivity index (χ3v) is 3.47. The van der Waals surface area contributed by atoms with Gasteiger partial charge in [-0.2, -0.15) is 0 Å². The number of fused-ring (bicyclic) bond motifs is 1. The van der Waals surface area contributed by atoms with Gasteiger partial charge >= 0.3 is 0 Å². The van der Waals surface area contributed by atoms with Gasteiger partial charge < -0.3 is 0 Å². The van der Waals surface area contributed by atoms with Gasteiger partial charge in [-0.3, -0.25) is 9.69 Å². The van der Waals surface area contributed by atoms with Gasteiger partial charge in [-0.25, -0.2) is 0 Å². The molecule has 0 spiro atoms. The van der Waals surface area contributed by atoms with Crippen LogP contribution in [0.1, 0.15) is 31.4 Å². The van der Waals surface area contributed by atoms with E-state index >= 15 is 0 Å². The van der Waals surface area contributed by atoms with Crippen LogP contribution in [0.2, 0.25) is 0 Å². The van der Waals surface area contributed by atoms with Crippen LogP contribution in [0.15, 0.2) is 24.3 Å². The van der Waals surface area contributed by atoms with E-state index in [-0.39, 0.29) is 6.04 Å². The van der Waals surface area contributed by atoms with E-state index in [1.54, 1.807) is 0 Å². The molecular formula is C14H19NO. The first-order chi connectivity index (χ1) is 7.76. The van der Waals surface area contributed by atoms with Crippen molar-refractivity contribution in [2.45, 2.75) is 39.3 Å². The SMILES string of the molecule is CCC(=O)C1Cc2ccccc2CN1CC. The monoisotopic (exact) mass is 217 g/mol. The summed E-state index contributed by atoms with van der Waals surface area (Å²) in [7, 11) is 0. The lowest BCUT2D eigenvalue weighted by molar-refractivity contribution is -0.124. The van der Waals surface area contributed by atoms with Crippen molar-refractivity contribution < 1.29 is 4.79 Å². The highest BCUT2D eigenvalue weighted by molar-refractivity contribution is 5.84. The Hall–Kier alpha value is -1.15. The molecule has 0 amide bonds. The van der Waals surface area contributed by atoms with Gasteiger partial charge in [0.2, 0.25) is 0 Å². The summed E-state index contributed by atoms with van der Waals surface area (Å²) in [6.45, 7) is 5.95. The summed E-state index contributed by atoms with van der Waals surface area (Å²) in [4.78, 5) is 14.2. The molecule has 0 saturated heterocycles. The van der Waals surface area contributed by atoms with Crippen LogP contribution in [-0.2, 0) is 17.8 Å². The van der Waals surface area contributed by atoms with Crippen LogP contribution in [0.25, 0.3) is 0 Å². The molecule has 2 heteroatoms. The topological polar surface area (TPSA) is 20.3 Å². The van der Waals surface area contributed by atoms with Crippen LogP contribution in [0.5, 0.6) is 0 Å². The van der Waals surface area contributed by atoms with Crippen LogP contribution in [0, 0.1) is 0 Å². The number of benzene rings is 1. The molecule has 1 atom stereocenters. The number of carbonyl (C=O) groups excluding carboxylic acids is 1. The van der Waals surface area contributed by atoms with E-state index in [1.165, 1.54) is 11.1 Å². The van der Waals surface area contributed by atoms with Crippen molar-refractivity contribution in [1.82, 2.24) is 4.90 Å². The molecule has 1 aromatic carbocycles. The van der Waals surface area contributed by atoms with Crippen molar-refractivity contribution in [2.75, 3.05) is 6.54 Å². The average molecular weight is 217 g/mol.